The molecule has 0 bridgehead atoms. The fourth-order valence-corrected chi connectivity index (χ4v) is 2.67. The Hall–Kier alpha value is -3.00. The van der Waals surface area contributed by atoms with E-state index >= 15 is 0 Å². The molecule has 136 valence electrons. The van der Waals surface area contributed by atoms with Gasteiger partial charge in [-0.25, -0.2) is 14.2 Å². The molecule has 0 aliphatic carbocycles. The van der Waals surface area contributed by atoms with Crippen LogP contribution < -0.4 is 5.32 Å². The molecule has 2 heterocycles. The van der Waals surface area contributed by atoms with Crippen LogP contribution in [0.3, 0.4) is 0 Å². The van der Waals surface area contributed by atoms with E-state index in [-0.39, 0.29) is 18.8 Å². The highest BCUT2D eigenvalue weighted by molar-refractivity contribution is 6.02. The lowest BCUT2D eigenvalue weighted by Gasteiger charge is -2.28. The number of nitrogens with zero attached hydrogens (tertiary/aromatic N) is 2. The highest BCUT2D eigenvalue weighted by atomic mass is 19.1. The topological polar surface area (TPSA) is 80.8 Å². The summed E-state index contributed by atoms with van der Waals surface area (Å²) in [6.07, 6.45) is 3.56. The number of carbonyl (C=O) groups excluding carboxylic acids is 2. The Labute approximate surface area is 149 Å². The van der Waals surface area contributed by atoms with Gasteiger partial charge in [-0.3, -0.25) is 14.6 Å². The van der Waals surface area contributed by atoms with E-state index in [0.29, 0.717) is 17.7 Å². The van der Waals surface area contributed by atoms with Gasteiger partial charge in [0.25, 0.3) is 5.91 Å². The average molecular weight is 359 g/mol. The normalized spacial score (nSPS) is 13.3. The number of hydrogen-bond acceptors (Lipinski definition) is 6. The quantitative estimate of drug-likeness (QED) is 0.826. The molecule has 1 aromatic heterocycles. The van der Waals surface area contributed by atoms with Gasteiger partial charge in [-0.1, -0.05) is 6.07 Å². The third-order valence-electron chi connectivity index (χ3n) is 4.01. The Balaban J connectivity index is 1.86. The number of ether oxygens (including phenoxy) is 1. The van der Waals surface area contributed by atoms with Crippen molar-refractivity contribution in [2.45, 2.75) is 13.3 Å². The molecule has 0 unspecified atom stereocenters. The summed E-state index contributed by atoms with van der Waals surface area (Å²) in [5.41, 5.74) is 2.48. The molecule has 7 nitrogen and oxygen atoms in total. The minimum absolute atomic E-state index is 0.242. The lowest BCUT2D eigenvalue weighted by Crippen LogP contribution is -2.39. The predicted octanol–water partition coefficient (Wildman–Crippen LogP) is 2.38. The van der Waals surface area contributed by atoms with E-state index in [1.54, 1.807) is 25.3 Å². The largest absolute Gasteiger partial charge is 0.467 e. The predicted molar refractivity (Wildman–Crippen MR) is 91.4 cm³/mol. The van der Waals surface area contributed by atoms with Crippen LogP contribution in [0.25, 0.3) is 0 Å². The van der Waals surface area contributed by atoms with Crippen molar-refractivity contribution in [3.05, 3.63) is 53.1 Å². The molecule has 3 rings (SSSR count). The van der Waals surface area contributed by atoms with Gasteiger partial charge in [0, 0.05) is 6.20 Å². The molecule has 0 fully saturated rings. The van der Waals surface area contributed by atoms with Crippen LogP contribution in [0, 0.1) is 12.7 Å². The van der Waals surface area contributed by atoms with Crippen LogP contribution in [0.4, 0.5) is 15.8 Å². The van der Waals surface area contributed by atoms with Gasteiger partial charge in [0.1, 0.15) is 5.82 Å². The zero-order valence-corrected chi connectivity index (χ0v) is 14.4. The molecule has 1 aliphatic rings. The van der Waals surface area contributed by atoms with Crippen molar-refractivity contribution >= 4 is 23.3 Å². The second-order valence-electron chi connectivity index (χ2n) is 5.84. The maximum Gasteiger partial charge on any atom is 0.334 e. The molecule has 1 amide bonds. The standard InChI is InChI=1S/C18H18FN3O4/c1-11-3-4-14(13(19)7-11)21-15-9-20-8-12-5-6-22(18(24)17(12)15)26-10-16(23)25-2/h3-4,7-9,21H,5-6,10H2,1-2H3. The molecule has 2 aromatic rings. The third-order valence-corrected chi connectivity index (χ3v) is 4.01. The Bertz CT molecular complexity index is 856. The summed E-state index contributed by atoms with van der Waals surface area (Å²) in [6, 6.07) is 4.77. The van der Waals surface area contributed by atoms with Gasteiger partial charge in [0.2, 0.25) is 0 Å². The van der Waals surface area contributed by atoms with E-state index in [2.05, 4.69) is 15.0 Å². The summed E-state index contributed by atoms with van der Waals surface area (Å²) in [6.45, 7) is 1.71. The summed E-state index contributed by atoms with van der Waals surface area (Å²) in [5.74, 6) is -1.43. The number of anilines is 2. The summed E-state index contributed by atoms with van der Waals surface area (Å²) < 4.78 is 18.6. The monoisotopic (exact) mass is 359 g/mol. The number of hydroxylamine groups is 2. The number of methoxy groups -OCH3 is 1. The van der Waals surface area contributed by atoms with Gasteiger partial charge < -0.3 is 10.1 Å². The highest BCUT2D eigenvalue weighted by Gasteiger charge is 2.29. The van der Waals surface area contributed by atoms with Crippen LogP contribution in [-0.2, 0) is 20.8 Å². The summed E-state index contributed by atoms with van der Waals surface area (Å²) in [5, 5.41) is 4.03. The summed E-state index contributed by atoms with van der Waals surface area (Å²) in [4.78, 5) is 33.3. The summed E-state index contributed by atoms with van der Waals surface area (Å²) in [7, 11) is 1.24. The van der Waals surface area contributed by atoms with E-state index in [9.17, 15) is 14.0 Å². The molecule has 1 N–H and O–H groups in total. The van der Waals surface area contributed by atoms with E-state index in [1.807, 2.05) is 0 Å². The van der Waals surface area contributed by atoms with Gasteiger partial charge in [-0.15, -0.1) is 0 Å². The first-order chi connectivity index (χ1) is 12.5. The third kappa shape index (κ3) is 3.65. The van der Waals surface area contributed by atoms with Crippen LogP contribution in [0.1, 0.15) is 21.5 Å². The maximum atomic E-state index is 14.1. The first-order valence-corrected chi connectivity index (χ1v) is 8.01. The Morgan fingerprint density at radius 3 is 2.88 bits per heavy atom. The molecular formula is C18H18FN3O4. The number of rotatable bonds is 5. The molecule has 0 saturated heterocycles. The maximum absolute atomic E-state index is 14.1. The molecule has 1 aliphatic heterocycles. The van der Waals surface area contributed by atoms with Gasteiger partial charge in [0.05, 0.1) is 36.8 Å². The van der Waals surface area contributed by atoms with Crippen molar-refractivity contribution in [1.82, 2.24) is 10.0 Å². The van der Waals surface area contributed by atoms with Crippen LogP contribution in [-0.4, -0.2) is 42.2 Å². The smallest absolute Gasteiger partial charge is 0.334 e. The van der Waals surface area contributed by atoms with Crippen molar-refractivity contribution in [1.29, 1.82) is 0 Å². The number of pyridine rings is 1. The number of aromatic nitrogens is 1. The first-order valence-electron chi connectivity index (χ1n) is 8.01. The number of fused-ring (bicyclic) bond motifs is 1. The number of esters is 1. The molecule has 0 saturated carbocycles. The molecule has 1 aromatic carbocycles. The molecule has 0 radical (unpaired) electrons. The number of hydrogen-bond donors (Lipinski definition) is 1. The van der Waals surface area contributed by atoms with Crippen molar-refractivity contribution in [3.63, 3.8) is 0 Å². The van der Waals surface area contributed by atoms with Crippen molar-refractivity contribution < 1.29 is 23.6 Å². The molecule has 26 heavy (non-hydrogen) atoms. The van der Waals surface area contributed by atoms with E-state index in [0.717, 1.165) is 16.2 Å². The number of carbonyl (C=O) groups is 2. The Morgan fingerprint density at radius 2 is 2.15 bits per heavy atom. The number of aryl methyl sites for hydroxylation is 1. The van der Waals surface area contributed by atoms with Crippen LogP contribution in [0.15, 0.2) is 30.6 Å². The van der Waals surface area contributed by atoms with Crippen LogP contribution >= 0.6 is 0 Å². The van der Waals surface area contributed by atoms with Crippen LogP contribution in [0.5, 0.6) is 0 Å². The second kappa shape index (κ2) is 7.49. The minimum atomic E-state index is -0.585. The fourth-order valence-electron chi connectivity index (χ4n) is 2.67. The molecule has 0 spiro atoms. The second-order valence-corrected chi connectivity index (χ2v) is 5.84. The van der Waals surface area contributed by atoms with Crippen molar-refractivity contribution in [3.8, 4) is 0 Å². The number of amides is 1. The number of benzene rings is 1. The first kappa shape index (κ1) is 17.8. The summed E-state index contributed by atoms with van der Waals surface area (Å²) >= 11 is 0. The van der Waals surface area contributed by atoms with Gasteiger partial charge in [-0.05, 0) is 36.6 Å². The Kier molecular flexibility index (Phi) is 5.13. The van der Waals surface area contributed by atoms with Gasteiger partial charge >= 0.3 is 5.97 Å². The molecule has 8 heteroatoms. The zero-order valence-electron chi connectivity index (χ0n) is 14.4. The van der Waals surface area contributed by atoms with E-state index < -0.39 is 17.7 Å². The van der Waals surface area contributed by atoms with Gasteiger partial charge in [0.15, 0.2) is 6.61 Å². The van der Waals surface area contributed by atoms with E-state index in [4.69, 9.17) is 4.84 Å². The van der Waals surface area contributed by atoms with Crippen molar-refractivity contribution in [2.75, 3.05) is 25.6 Å². The number of halogens is 1. The average Bonchev–Trinajstić information content (AvgIpc) is 2.63. The zero-order chi connectivity index (χ0) is 18.7. The molecular weight excluding hydrogens is 341 g/mol. The van der Waals surface area contributed by atoms with Crippen LogP contribution in [0.2, 0.25) is 0 Å². The van der Waals surface area contributed by atoms with E-state index in [1.165, 1.54) is 19.4 Å². The number of nitrogens with one attached hydrogen (secondary N) is 1. The minimum Gasteiger partial charge on any atom is -0.467 e. The van der Waals surface area contributed by atoms with Crippen molar-refractivity contribution in [2.24, 2.45) is 0 Å². The van der Waals surface area contributed by atoms with Gasteiger partial charge in [-0.2, -0.15) is 0 Å². The fraction of sp³-hybridized carbons (Fsp3) is 0.278. The lowest BCUT2D eigenvalue weighted by molar-refractivity contribution is -0.167. The highest BCUT2D eigenvalue weighted by Crippen LogP contribution is 2.29. The lowest BCUT2D eigenvalue weighted by atomic mass is 10.0. The Morgan fingerprint density at radius 1 is 1.35 bits per heavy atom. The molecule has 0 atom stereocenters. The SMILES string of the molecule is COC(=O)CON1CCc2cncc(Nc3ccc(C)cc3F)c2C1=O.